The highest BCUT2D eigenvalue weighted by Gasteiger charge is 2.47. The first kappa shape index (κ1) is 20.9. The number of piperazine rings is 1. The topological polar surface area (TPSA) is 70.4 Å². The minimum Gasteiger partial charge on any atom is -0.361 e. The standard InChI is InChI=1S/C26H30N4O2/c1-18-24(19(2)32-29-18)20-9-10-23-22(17-20)26(25(31)28-23,21-7-4-3-5-8-21)11-6-14-30-15-12-27-13-16-30/h3-5,7-10,17,27H,6,11-16H2,1-2H3,(H,28,31). The van der Waals surface area contributed by atoms with Gasteiger partial charge in [-0.1, -0.05) is 41.6 Å². The highest BCUT2D eigenvalue weighted by atomic mass is 16.5. The Morgan fingerprint density at radius 3 is 2.59 bits per heavy atom. The van der Waals surface area contributed by atoms with E-state index in [9.17, 15) is 4.79 Å². The largest absolute Gasteiger partial charge is 0.361 e. The molecular weight excluding hydrogens is 400 g/mol. The lowest BCUT2D eigenvalue weighted by atomic mass is 9.71. The molecule has 3 aromatic rings. The fourth-order valence-corrected chi connectivity index (χ4v) is 5.31. The van der Waals surface area contributed by atoms with Gasteiger partial charge in [0.2, 0.25) is 5.91 Å². The van der Waals surface area contributed by atoms with Crippen molar-refractivity contribution in [2.45, 2.75) is 32.1 Å². The number of hydrogen-bond acceptors (Lipinski definition) is 5. The molecule has 32 heavy (non-hydrogen) atoms. The van der Waals surface area contributed by atoms with Gasteiger partial charge in [-0.3, -0.25) is 4.79 Å². The van der Waals surface area contributed by atoms with Gasteiger partial charge in [-0.15, -0.1) is 0 Å². The summed E-state index contributed by atoms with van der Waals surface area (Å²) < 4.78 is 5.42. The number of amides is 1. The van der Waals surface area contributed by atoms with Gasteiger partial charge in [0.15, 0.2) is 0 Å². The summed E-state index contributed by atoms with van der Waals surface area (Å²) in [5.41, 5.74) is 5.22. The molecule has 5 rings (SSSR count). The molecule has 0 spiro atoms. The van der Waals surface area contributed by atoms with Crippen LogP contribution < -0.4 is 10.6 Å². The zero-order valence-corrected chi connectivity index (χ0v) is 18.8. The van der Waals surface area contributed by atoms with Gasteiger partial charge < -0.3 is 20.1 Å². The van der Waals surface area contributed by atoms with Crippen LogP contribution in [-0.4, -0.2) is 48.7 Å². The number of nitrogens with one attached hydrogen (secondary N) is 2. The van der Waals surface area contributed by atoms with Crippen molar-refractivity contribution in [3.05, 3.63) is 71.1 Å². The van der Waals surface area contributed by atoms with Crippen LogP contribution in [0, 0.1) is 13.8 Å². The zero-order valence-electron chi connectivity index (χ0n) is 18.8. The van der Waals surface area contributed by atoms with Crippen molar-refractivity contribution in [2.75, 3.05) is 38.0 Å². The summed E-state index contributed by atoms with van der Waals surface area (Å²) in [6.45, 7) is 9.10. The maximum absolute atomic E-state index is 13.6. The Morgan fingerprint density at radius 2 is 1.88 bits per heavy atom. The van der Waals surface area contributed by atoms with E-state index in [-0.39, 0.29) is 5.91 Å². The van der Waals surface area contributed by atoms with Gasteiger partial charge >= 0.3 is 0 Å². The minimum atomic E-state index is -0.695. The number of benzene rings is 2. The Morgan fingerprint density at radius 1 is 1.09 bits per heavy atom. The number of carbonyl (C=O) groups excluding carboxylic acids is 1. The summed E-state index contributed by atoms with van der Waals surface area (Å²) in [5.74, 6) is 0.860. The summed E-state index contributed by atoms with van der Waals surface area (Å²) in [5, 5.41) is 10.7. The molecule has 166 valence electrons. The number of carbonyl (C=O) groups is 1. The van der Waals surface area contributed by atoms with Crippen molar-refractivity contribution in [2.24, 2.45) is 0 Å². The number of anilines is 1. The number of aromatic nitrogens is 1. The van der Waals surface area contributed by atoms with Gasteiger partial charge in [-0.25, -0.2) is 0 Å². The number of aryl methyl sites for hydroxylation is 2. The summed E-state index contributed by atoms with van der Waals surface area (Å²) in [4.78, 5) is 16.1. The van der Waals surface area contributed by atoms with Crippen LogP contribution in [0.4, 0.5) is 5.69 Å². The maximum Gasteiger partial charge on any atom is 0.239 e. The van der Waals surface area contributed by atoms with Gasteiger partial charge in [0.25, 0.3) is 0 Å². The molecule has 1 fully saturated rings. The van der Waals surface area contributed by atoms with E-state index >= 15 is 0 Å². The third-order valence-electron chi connectivity index (χ3n) is 6.94. The van der Waals surface area contributed by atoms with Crippen LogP contribution in [0.15, 0.2) is 53.1 Å². The summed E-state index contributed by atoms with van der Waals surface area (Å²) in [6, 6.07) is 16.5. The number of nitrogens with zero attached hydrogens (tertiary/aromatic N) is 2. The smallest absolute Gasteiger partial charge is 0.239 e. The van der Waals surface area contributed by atoms with Gasteiger partial charge in [0.1, 0.15) is 11.2 Å². The van der Waals surface area contributed by atoms with E-state index in [0.717, 1.165) is 85.0 Å². The highest BCUT2D eigenvalue weighted by Crippen LogP contribution is 2.47. The van der Waals surface area contributed by atoms with Gasteiger partial charge in [0, 0.05) is 37.4 Å². The first-order valence-electron chi connectivity index (χ1n) is 11.5. The number of fused-ring (bicyclic) bond motifs is 1. The molecule has 2 N–H and O–H groups in total. The van der Waals surface area contributed by atoms with Crippen LogP contribution in [0.2, 0.25) is 0 Å². The maximum atomic E-state index is 13.6. The average Bonchev–Trinajstić information content (AvgIpc) is 3.30. The van der Waals surface area contributed by atoms with Crippen molar-refractivity contribution in [1.82, 2.24) is 15.4 Å². The van der Waals surface area contributed by atoms with Crippen LogP contribution in [0.5, 0.6) is 0 Å². The van der Waals surface area contributed by atoms with E-state index in [4.69, 9.17) is 4.52 Å². The fourth-order valence-electron chi connectivity index (χ4n) is 5.31. The molecular formula is C26H30N4O2. The molecule has 1 amide bonds. The molecule has 2 aliphatic heterocycles. The molecule has 6 heteroatoms. The minimum absolute atomic E-state index is 0.0647. The van der Waals surface area contributed by atoms with Crippen LogP contribution in [-0.2, 0) is 10.2 Å². The molecule has 2 aromatic carbocycles. The van der Waals surface area contributed by atoms with E-state index in [1.54, 1.807) is 0 Å². The first-order valence-corrected chi connectivity index (χ1v) is 11.5. The van der Waals surface area contributed by atoms with Crippen molar-refractivity contribution in [1.29, 1.82) is 0 Å². The van der Waals surface area contributed by atoms with Crippen LogP contribution in [0.25, 0.3) is 11.1 Å². The Hall–Kier alpha value is -2.96. The second kappa shape index (κ2) is 8.52. The van der Waals surface area contributed by atoms with Crippen molar-refractivity contribution >= 4 is 11.6 Å². The molecule has 0 bridgehead atoms. The van der Waals surface area contributed by atoms with Crippen molar-refractivity contribution in [3.8, 4) is 11.1 Å². The Balaban J connectivity index is 1.55. The van der Waals surface area contributed by atoms with Gasteiger partial charge in [-0.2, -0.15) is 0 Å². The zero-order chi connectivity index (χ0) is 22.1. The van der Waals surface area contributed by atoms with E-state index in [1.165, 1.54) is 0 Å². The molecule has 1 atom stereocenters. The number of rotatable bonds is 6. The lowest BCUT2D eigenvalue weighted by molar-refractivity contribution is -0.119. The highest BCUT2D eigenvalue weighted by molar-refractivity contribution is 6.09. The molecule has 0 saturated carbocycles. The Kier molecular flexibility index (Phi) is 5.57. The Bertz CT molecular complexity index is 1100. The second-order valence-corrected chi connectivity index (χ2v) is 8.88. The van der Waals surface area contributed by atoms with Crippen molar-refractivity contribution < 1.29 is 9.32 Å². The molecule has 3 heterocycles. The molecule has 0 aliphatic carbocycles. The Labute approximate surface area is 189 Å². The molecule has 1 unspecified atom stereocenters. The van der Waals surface area contributed by atoms with Crippen LogP contribution in [0.3, 0.4) is 0 Å². The summed E-state index contributed by atoms with van der Waals surface area (Å²) in [6.07, 6.45) is 1.72. The van der Waals surface area contributed by atoms with Crippen LogP contribution in [0.1, 0.15) is 35.4 Å². The predicted octanol–water partition coefficient (Wildman–Crippen LogP) is 3.88. The summed E-state index contributed by atoms with van der Waals surface area (Å²) in [7, 11) is 0. The number of hydrogen-bond donors (Lipinski definition) is 2. The molecule has 6 nitrogen and oxygen atoms in total. The third-order valence-corrected chi connectivity index (χ3v) is 6.94. The molecule has 1 aromatic heterocycles. The predicted molar refractivity (Wildman–Crippen MR) is 126 cm³/mol. The quantitative estimate of drug-likeness (QED) is 0.621. The summed E-state index contributed by atoms with van der Waals surface area (Å²) >= 11 is 0. The van der Waals surface area contributed by atoms with E-state index in [2.05, 4.69) is 38.9 Å². The lowest BCUT2D eigenvalue weighted by Crippen LogP contribution is -2.44. The molecule has 0 radical (unpaired) electrons. The van der Waals surface area contributed by atoms with E-state index < -0.39 is 5.41 Å². The molecule has 1 saturated heterocycles. The molecule has 2 aliphatic rings. The van der Waals surface area contributed by atoms with E-state index in [0.29, 0.717) is 0 Å². The SMILES string of the molecule is Cc1noc(C)c1-c1ccc2c(c1)C(CCCN1CCNCC1)(c1ccccc1)C(=O)N2. The van der Waals surface area contributed by atoms with Crippen molar-refractivity contribution in [3.63, 3.8) is 0 Å². The first-order chi connectivity index (χ1) is 15.6. The average molecular weight is 431 g/mol. The van der Waals surface area contributed by atoms with Gasteiger partial charge in [0.05, 0.1) is 5.69 Å². The van der Waals surface area contributed by atoms with Gasteiger partial charge in [-0.05, 0) is 62.1 Å². The normalized spacial score (nSPS) is 20.9. The fraction of sp³-hybridized carbons (Fsp3) is 0.385. The van der Waals surface area contributed by atoms with E-state index in [1.807, 2.05) is 44.2 Å². The monoisotopic (exact) mass is 430 g/mol. The lowest BCUT2D eigenvalue weighted by Gasteiger charge is -2.31. The van der Waals surface area contributed by atoms with Crippen LogP contribution >= 0.6 is 0 Å². The third kappa shape index (κ3) is 3.53. The second-order valence-electron chi connectivity index (χ2n) is 8.88.